The average Bonchev–Trinajstić information content (AvgIpc) is 2.65. The fraction of sp³-hybridized carbons (Fsp3) is 0.895. The first-order valence-corrected chi connectivity index (χ1v) is 9.21. The van der Waals surface area contributed by atoms with Gasteiger partial charge in [-0.05, 0) is 49.4 Å². The van der Waals surface area contributed by atoms with Crippen molar-refractivity contribution in [1.29, 1.82) is 0 Å². The lowest BCUT2D eigenvalue weighted by molar-refractivity contribution is 0.274. The van der Waals surface area contributed by atoms with Gasteiger partial charge in [0, 0.05) is 5.38 Å². The summed E-state index contributed by atoms with van der Waals surface area (Å²) in [6.07, 6.45) is 7.49. The van der Waals surface area contributed by atoms with Crippen LogP contribution in [0.15, 0.2) is 12.2 Å². The van der Waals surface area contributed by atoms with E-state index in [2.05, 4.69) is 34.3 Å². The molecule has 0 N–H and O–H groups in total. The SMILES string of the molecule is C=C1CC(CC(Cl)CCC)C(CCC(C)C)C1C.CC. The lowest BCUT2D eigenvalue weighted by Crippen LogP contribution is -2.17. The molecule has 120 valence electrons. The maximum atomic E-state index is 6.45. The summed E-state index contributed by atoms with van der Waals surface area (Å²) < 4.78 is 0. The molecule has 20 heavy (non-hydrogen) atoms. The first kappa shape index (κ1) is 20.0. The zero-order valence-corrected chi connectivity index (χ0v) is 15.5. The fourth-order valence-corrected chi connectivity index (χ4v) is 3.86. The Balaban J connectivity index is 0.00000172. The van der Waals surface area contributed by atoms with Crippen molar-refractivity contribution >= 4 is 11.6 Å². The zero-order chi connectivity index (χ0) is 15.7. The molecule has 1 heteroatoms. The topological polar surface area (TPSA) is 0 Å². The summed E-state index contributed by atoms with van der Waals surface area (Å²) in [6, 6.07) is 0. The van der Waals surface area contributed by atoms with E-state index in [-0.39, 0.29) is 0 Å². The highest BCUT2D eigenvalue weighted by Gasteiger charge is 2.36. The van der Waals surface area contributed by atoms with Crippen molar-refractivity contribution in [2.24, 2.45) is 23.7 Å². The predicted octanol–water partition coefficient (Wildman–Crippen LogP) is 7.07. The number of hydrogen-bond donors (Lipinski definition) is 0. The molecule has 0 aromatic carbocycles. The van der Waals surface area contributed by atoms with Crippen molar-refractivity contribution in [3.05, 3.63) is 12.2 Å². The van der Waals surface area contributed by atoms with Gasteiger partial charge in [-0.25, -0.2) is 0 Å². The van der Waals surface area contributed by atoms with Crippen LogP contribution < -0.4 is 0 Å². The molecule has 0 bridgehead atoms. The van der Waals surface area contributed by atoms with Crippen molar-refractivity contribution < 1.29 is 0 Å². The van der Waals surface area contributed by atoms with Crippen LogP contribution in [0.2, 0.25) is 0 Å². The second kappa shape index (κ2) is 10.7. The second-order valence-electron chi connectivity index (χ2n) is 6.67. The van der Waals surface area contributed by atoms with Gasteiger partial charge in [0.15, 0.2) is 0 Å². The fourth-order valence-electron chi connectivity index (χ4n) is 3.41. The van der Waals surface area contributed by atoms with E-state index >= 15 is 0 Å². The second-order valence-corrected chi connectivity index (χ2v) is 7.29. The predicted molar refractivity (Wildman–Crippen MR) is 94.5 cm³/mol. The Kier molecular flexibility index (Phi) is 10.7. The first-order chi connectivity index (χ1) is 9.45. The maximum absolute atomic E-state index is 6.45. The highest BCUT2D eigenvalue weighted by atomic mass is 35.5. The first-order valence-electron chi connectivity index (χ1n) is 8.77. The molecule has 0 amide bonds. The molecule has 1 aliphatic carbocycles. The molecule has 0 aromatic rings. The number of allylic oxidation sites excluding steroid dienone is 1. The van der Waals surface area contributed by atoms with Gasteiger partial charge in [0.25, 0.3) is 0 Å². The number of hydrogen-bond acceptors (Lipinski definition) is 0. The van der Waals surface area contributed by atoms with Crippen LogP contribution in [0.5, 0.6) is 0 Å². The van der Waals surface area contributed by atoms with Gasteiger partial charge < -0.3 is 0 Å². The van der Waals surface area contributed by atoms with E-state index in [9.17, 15) is 0 Å². The third-order valence-electron chi connectivity index (χ3n) is 4.65. The van der Waals surface area contributed by atoms with Crippen LogP contribution >= 0.6 is 11.6 Å². The summed E-state index contributed by atoms with van der Waals surface area (Å²) in [5.41, 5.74) is 1.47. The van der Waals surface area contributed by atoms with Crippen molar-refractivity contribution in [2.45, 2.75) is 85.4 Å². The van der Waals surface area contributed by atoms with Crippen LogP contribution in [-0.2, 0) is 0 Å². The van der Waals surface area contributed by atoms with Crippen LogP contribution in [0, 0.1) is 23.7 Å². The third kappa shape index (κ3) is 6.66. The summed E-state index contributed by atoms with van der Waals surface area (Å²) >= 11 is 6.45. The van der Waals surface area contributed by atoms with Gasteiger partial charge >= 0.3 is 0 Å². The molecule has 0 radical (unpaired) electrons. The monoisotopic (exact) mass is 300 g/mol. The van der Waals surface area contributed by atoms with Crippen LogP contribution in [0.4, 0.5) is 0 Å². The van der Waals surface area contributed by atoms with E-state index in [1.54, 1.807) is 0 Å². The summed E-state index contributed by atoms with van der Waals surface area (Å²) in [5.74, 6) is 3.15. The number of halogens is 1. The Hall–Kier alpha value is 0.0300. The molecule has 0 spiro atoms. The van der Waals surface area contributed by atoms with Crippen molar-refractivity contribution in [1.82, 2.24) is 0 Å². The van der Waals surface area contributed by atoms with Crippen LogP contribution in [0.1, 0.15) is 80.1 Å². The summed E-state index contributed by atoms with van der Waals surface area (Å²) in [6.45, 7) is 17.5. The molecule has 0 nitrogen and oxygen atoms in total. The van der Waals surface area contributed by atoms with Gasteiger partial charge in [0.05, 0.1) is 0 Å². The van der Waals surface area contributed by atoms with Gasteiger partial charge in [-0.1, -0.05) is 66.5 Å². The lowest BCUT2D eigenvalue weighted by atomic mass is 9.82. The van der Waals surface area contributed by atoms with E-state index in [0.29, 0.717) is 11.3 Å². The molecule has 1 aliphatic rings. The molecule has 1 rings (SSSR count). The average molecular weight is 301 g/mol. The maximum Gasteiger partial charge on any atom is 0.0338 e. The molecule has 1 saturated carbocycles. The molecule has 0 aliphatic heterocycles. The smallest absolute Gasteiger partial charge is 0.0338 e. The number of rotatable bonds is 7. The highest BCUT2D eigenvalue weighted by molar-refractivity contribution is 6.20. The van der Waals surface area contributed by atoms with Gasteiger partial charge in [-0.3, -0.25) is 0 Å². The Morgan fingerprint density at radius 2 is 1.85 bits per heavy atom. The minimum absolute atomic E-state index is 0.375. The molecule has 4 unspecified atom stereocenters. The van der Waals surface area contributed by atoms with Gasteiger partial charge in [-0.15, -0.1) is 11.6 Å². The summed E-state index contributed by atoms with van der Waals surface area (Å²) in [4.78, 5) is 0. The van der Waals surface area contributed by atoms with E-state index in [1.807, 2.05) is 13.8 Å². The largest absolute Gasteiger partial charge is 0.123 e. The Morgan fingerprint density at radius 3 is 2.35 bits per heavy atom. The molecule has 0 heterocycles. The summed E-state index contributed by atoms with van der Waals surface area (Å²) in [7, 11) is 0. The standard InChI is InChI=1S/C17H31Cl.C2H6/c1-6-7-16(18)11-15-10-13(4)14(5)17(15)9-8-12(2)3;1-2/h12,14-17H,4,6-11H2,1-3,5H3;1-2H3. The Morgan fingerprint density at radius 1 is 1.25 bits per heavy atom. The lowest BCUT2D eigenvalue weighted by Gasteiger charge is -2.25. The Bertz CT molecular complexity index is 256. The Labute approximate surface area is 133 Å². The molecular formula is C19H37Cl. The molecule has 4 atom stereocenters. The van der Waals surface area contributed by atoms with Gasteiger partial charge in [0.2, 0.25) is 0 Å². The van der Waals surface area contributed by atoms with Crippen molar-refractivity contribution in [2.75, 3.05) is 0 Å². The van der Waals surface area contributed by atoms with Crippen LogP contribution in [-0.4, -0.2) is 5.38 Å². The van der Waals surface area contributed by atoms with Gasteiger partial charge in [0.1, 0.15) is 0 Å². The molecule has 0 saturated heterocycles. The van der Waals surface area contributed by atoms with E-state index in [4.69, 9.17) is 11.6 Å². The van der Waals surface area contributed by atoms with Crippen LogP contribution in [0.25, 0.3) is 0 Å². The van der Waals surface area contributed by atoms with Crippen molar-refractivity contribution in [3.63, 3.8) is 0 Å². The zero-order valence-electron chi connectivity index (χ0n) is 14.7. The molecular weight excluding hydrogens is 264 g/mol. The van der Waals surface area contributed by atoms with Gasteiger partial charge in [-0.2, -0.15) is 0 Å². The minimum Gasteiger partial charge on any atom is -0.123 e. The summed E-state index contributed by atoms with van der Waals surface area (Å²) in [5, 5.41) is 0.375. The van der Waals surface area contributed by atoms with Crippen LogP contribution in [0.3, 0.4) is 0 Å². The number of alkyl halides is 1. The highest BCUT2D eigenvalue weighted by Crippen LogP contribution is 2.45. The van der Waals surface area contributed by atoms with E-state index in [1.165, 1.54) is 37.7 Å². The quantitative estimate of drug-likeness (QED) is 0.348. The molecule has 0 aromatic heterocycles. The van der Waals surface area contributed by atoms with E-state index in [0.717, 1.165) is 24.2 Å². The normalized spacial score (nSPS) is 27.4. The third-order valence-corrected chi connectivity index (χ3v) is 5.05. The van der Waals surface area contributed by atoms with E-state index < -0.39 is 0 Å². The molecule has 1 fully saturated rings. The minimum atomic E-state index is 0.375. The van der Waals surface area contributed by atoms with Crippen molar-refractivity contribution in [3.8, 4) is 0 Å².